The molecule has 2 aromatic rings. The van der Waals surface area contributed by atoms with E-state index >= 15 is 0 Å². The van der Waals surface area contributed by atoms with Gasteiger partial charge >= 0.3 is 12.1 Å². The molecule has 0 aliphatic carbocycles. The molecule has 8 nitrogen and oxygen atoms in total. The molecule has 0 saturated carbocycles. The van der Waals surface area contributed by atoms with Crippen molar-refractivity contribution in [2.75, 3.05) is 11.4 Å². The van der Waals surface area contributed by atoms with Crippen LogP contribution in [-0.2, 0) is 20.7 Å². The van der Waals surface area contributed by atoms with Gasteiger partial charge in [0.05, 0.1) is 5.69 Å². The number of carbonyl (C=O) groups is 4. The van der Waals surface area contributed by atoms with E-state index in [4.69, 9.17) is 27.9 Å². The third kappa shape index (κ3) is 5.55. The normalized spacial score (nSPS) is 21.9. The van der Waals surface area contributed by atoms with E-state index in [0.717, 1.165) is 19.8 Å². The number of benzene rings is 2. The lowest BCUT2D eigenvalue weighted by molar-refractivity contribution is -0.140. The maximum Gasteiger partial charge on any atom is 0.410 e. The van der Waals surface area contributed by atoms with E-state index in [2.05, 4.69) is 15.9 Å². The fourth-order valence-corrected chi connectivity index (χ4v) is 5.61. The van der Waals surface area contributed by atoms with E-state index in [1.165, 1.54) is 23.1 Å². The van der Waals surface area contributed by atoms with Crippen LogP contribution in [0.15, 0.2) is 46.9 Å². The number of likely N-dealkylation sites (tertiary alicyclic amines) is 1. The first-order chi connectivity index (χ1) is 17.7. The molecular formula is C27H28BrCl2N3O5. The van der Waals surface area contributed by atoms with Crippen molar-refractivity contribution in [2.45, 2.75) is 64.1 Å². The van der Waals surface area contributed by atoms with Crippen molar-refractivity contribution in [1.29, 1.82) is 0 Å². The summed E-state index contributed by atoms with van der Waals surface area (Å²) in [5, 5.41) is 0.471. The number of rotatable bonds is 4. The first-order valence-electron chi connectivity index (χ1n) is 12.1. The van der Waals surface area contributed by atoms with Gasteiger partial charge in [-0.05, 0) is 76.4 Å². The minimum Gasteiger partial charge on any atom is -0.444 e. The smallest absolute Gasteiger partial charge is 0.410 e. The van der Waals surface area contributed by atoms with Gasteiger partial charge in [-0.25, -0.2) is 19.4 Å². The molecule has 11 heteroatoms. The predicted octanol–water partition coefficient (Wildman–Crippen LogP) is 6.45. The predicted molar refractivity (Wildman–Crippen MR) is 148 cm³/mol. The number of carbonyl (C=O) groups excluding carboxylic acids is 4. The van der Waals surface area contributed by atoms with E-state index in [1.54, 1.807) is 27.7 Å². The minimum atomic E-state index is -1.57. The Labute approximate surface area is 239 Å². The molecule has 2 atom stereocenters. The summed E-state index contributed by atoms with van der Waals surface area (Å²) in [5.74, 6) is -1.24. The topological polar surface area (TPSA) is 87.2 Å². The zero-order valence-corrected chi connectivity index (χ0v) is 24.6. The second-order valence-corrected chi connectivity index (χ2v) is 12.4. The lowest BCUT2D eigenvalue weighted by Gasteiger charge is -2.34. The van der Waals surface area contributed by atoms with Crippen LogP contribution in [0.3, 0.4) is 0 Å². The van der Waals surface area contributed by atoms with Gasteiger partial charge in [0.2, 0.25) is 0 Å². The van der Waals surface area contributed by atoms with Gasteiger partial charge in [0.1, 0.15) is 17.2 Å². The molecule has 0 aromatic heterocycles. The number of anilines is 1. The molecule has 2 aliphatic rings. The molecule has 0 radical (unpaired) electrons. The summed E-state index contributed by atoms with van der Waals surface area (Å²) in [4.78, 5) is 58.1. The van der Waals surface area contributed by atoms with Crippen LogP contribution in [0.5, 0.6) is 0 Å². The molecule has 2 aromatic carbocycles. The van der Waals surface area contributed by atoms with Crippen molar-refractivity contribution in [3.8, 4) is 0 Å². The molecule has 2 fully saturated rings. The van der Waals surface area contributed by atoms with Crippen LogP contribution >= 0.6 is 39.1 Å². The van der Waals surface area contributed by atoms with Crippen LogP contribution in [0.1, 0.15) is 46.1 Å². The van der Waals surface area contributed by atoms with Gasteiger partial charge in [-0.1, -0.05) is 51.3 Å². The van der Waals surface area contributed by atoms with Gasteiger partial charge in [0, 0.05) is 27.5 Å². The molecule has 2 aliphatic heterocycles. The summed E-state index contributed by atoms with van der Waals surface area (Å²) in [6.45, 7) is 7.08. The zero-order valence-electron chi connectivity index (χ0n) is 21.5. The number of ether oxygens (including phenoxy) is 1. The molecule has 4 rings (SSSR count). The Hall–Kier alpha value is -2.62. The highest BCUT2D eigenvalue weighted by atomic mass is 79.9. The Morgan fingerprint density at radius 2 is 1.68 bits per heavy atom. The summed E-state index contributed by atoms with van der Waals surface area (Å²) in [6.07, 6.45) is 0.329. The van der Waals surface area contributed by atoms with Crippen LogP contribution in [0.25, 0.3) is 0 Å². The number of imide groups is 2. The Morgan fingerprint density at radius 1 is 1.08 bits per heavy atom. The fraction of sp³-hybridized carbons (Fsp3) is 0.407. The Morgan fingerprint density at radius 3 is 2.26 bits per heavy atom. The van der Waals surface area contributed by atoms with Crippen LogP contribution in [0, 0.1) is 0 Å². The standard InChI is InChI=1S/C27H28BrCl2N3O5/c1-26(2,3)38-25(37)31-11-5-6-21(31)22(34)33-24(36)32(20-13-18(29)12-19(30)14-20)23(35)27(33,4)15-16-7-9-17(28)10-8-16/h7-10,12-14,21H,5-6,11,15H2,1-4H3. The Kier molecular flexibility index (Phi) is 7.85. The summed E-state index contributed by atoms with van der Waals surface area (Å²) >= 11 is 15.7. The summed E-state index contributed by atoms with van der Waals surface area (Å²) in [6, 6.07) is 9.87. The lowest BCUT2D eigenvalue weighted by Crippen LogP contribution is -2.57. The van der Waals surface area contributed by atoms with Crippen LogP contribution in [0.2, 0.25) is 10.0 Å². The first-order valence-corrected chi connectivity index (χ1v) is 13.7. The van der Waals surface area contributed by atoms with Crippen LogP contribution < -0.4 is 4.90 Å². The van der Waals surface area contributed by atoms with Gasteiger partial charge in [0.15, 0.2) is 0 Å². The maximum atomic E-state index is 14.1. The van der Waals surface area contributed by atoms with E-state index < -0.39 is 41.1 Å². The third-order valence-corrected chi connectivity index (χ3v) is 7.46. The van der Waals surface area contributed by atoms with Crippen molar-refractivity contribution in [1.82, 2.24) is 9.80 Å². The highest BCUT2D eigenvalue weighted by Crippen LogP contribution is 2.38. The number of hydrogen-bond donors (Lipinski definition) is 0. The van der Waals surface area contributed by atoms with Crippen molar-refractivity contribution in [3.63, 3.8) is 0 Å². The maximum absolute atomic E-state index is 14.1. The van der Waals surface area contributed by atoms with Crippen LogP contribution in [0.4, 0.5) is 15.3 Å². The van der Waals surface area contributed by atoms with Gasteiger partial charge in [-0.15, -0.1) is 0 Å². The second kappa shape index (κ2) is 10.5. The number of hydrogen-bond acceptors (Lipinski definition) is 5. The Bertz CT molecular complexity index is 1280. The zero-order chi connectivity index (χ0) is 28.0. The van der Waals surface area contributed by atoms with Gasteiger partial charge < -0.3 is 4.74 Å². The number of halogens is 3. The van der Waals surface area contributed by atoms with Gasteiger partial charge in [-0.2, -0.15) is 0 Å². The summed E-state index contributed by atoms with van der Waals surface area (Å²) in [5.41, 5.74) is -1.42. The van der Waals surface area contributed by atoms with Crippen molar-refractivity contribution in [3.05, 3.63) is 62.5 Å². The van der Waals surface area contributed by atoms with Crippen molar-refractivity contribution in [2.24, 2.45) is 0 Å². The molecule has 0 N–H and O–H groups in total. The van der Waals surface area contributed by atoms with E-state index in [9.17, 15) is 19.2 Å². The van der Waals surface area contributed by atoms with Gasteiger partial charge in [-0.3, -0.25) is 14.5 Å². The van der Waals surface area contributed by atoms with Crippen molar-refractivity contribution < 1.29 is 23.9 Å². The van der Waals surface area contributed by atoms with Gasteiger partial charge in [0.25, 0.3) is 11.8 Å². The van der Waals surface area contributed by atoms with Crippen LogP contribution in [-0.4, -0.2) is 57.5 Å². The SMILES string of the molecule is CC(C)(C)OC(=O)N1CCCC1C(=O)N1C(=O)N(c2cc(Cl)cc(Cl)c2)C(=O)C1(C)Cc1ccc(Br)cc1. The number of amides is 5. The van der Waals surface area contributed by atoms with Crippen molar-refractivity contribution >= 4 is 68.8 Å². The molecule has 0 bridgehead atoms. The lowest BCUT2D eigenvalue weighted by atomic mass is 9.90. The average Bonchev–Trinajstić information content (AvgIpc) is 3.35. The van der Waals surface area contributed by atoms with E-state index in [-0.39, 0.29) is 22.2 Å². The molecular weight excluding hydrogens is 597 g/mol. The van der Waals surface area contributed by atoms with E-state index in [0.29, 0.717) is 19.4 Å². The number of nitrogens with zero attached hydrogens (tertiary/aromatic N) is 3. The first kappa shape index (κ1) is 28.4. The van der Waals surface area contributed by atoms with E-state index in [1.807, 2.05) is 24.3 Å². The molecule has 0 spiro atoms. The highest BCUT2D eigenvalue weighted by molar-refractivity contribution is 9.10. The Balaban J connectivity index is 1.76. The summed E-state index contributed by atoms with van der Waals surface area (Å²) in [7, 11) is 0. The second-order valence-electron chi connectivity index (χ2n) is 10.6. The largest absolute Gasteiger partial charge is 0.444 e. The number of urea groups is 1. The molecule has 5 amide bonds. The summed E-state index contributed by atoms with van der Waals surface area (Å²) < 4.78 is 6.36. The highest BCUT2D eigenvalue weighted by Gasteiger charge is 2.59. The quantitative estimate of drug-likeness (QED) is 0.365. The fourth-order valence-electron chi connectivity index (χ4n) is 4.83. The average molecular weight is 625 g/mol. The minimum absolute atomic E-state index is 0.0700. The molecule has 202 valence electrons. The molecule has 38 heavy (non-hydrogen) atoms. The molecule has 2 unspecified atom stereocenters. The molecule has 2 saturated heterocycles. The molecule has 2 heterocycles. The third-order valence-electron chi connectivity index (χ3n) is 6.49. The monoisotopic (exact) mass is 623 g/mol.